The summed E-state index contributed by atoms with van der Waals surface area (Å²) in [7, 11) is 1.71. The first-order chi connectivity index (χ1) is 15.6. The lowest BCUT2D eigenvalue weighted by atomic mass is 9.92. The van der Waals surface area contributed by atoms with Gasteiger partial charge in [-0.05, 0) is 55.7 Å². The molecule has 176 valence electrons. The zero-order chi connectivity index (χ0) is 23.9. The fraction of sp³-hybridized carbons (Fsp3) is 0.478. The highest BCUT2D eigenvalue weighted by Gasteiger charge is 2.49. The number of hydrogen-bond donors (Lipinski definition) is 3. The number of amides is 1. The van der Waals surface area contributed by atoms with Crippen molar-refractivity contribution in [3.8, 4) is 11.8 Å². The fourth-order valence-electron chi connectivity index (χ4n) is 5.05. The van der Waals surface area contributed by atoms with Gasteiger partial charge in [-0.1, -0.05) is 23.4 Å². The Balaban J connectivity index is 1.46. The van der Waals surface area contributed by atoms with Crippen LogP contribution in [-0.4, -0.2) is 43.8 Å². The summed E-state index contributed by atoms with van der Waals surface area (Å²) in [6, 6.07) is 3.92. The molecule has 0 spiro atoms. The van der Waals surface area contributed by atoms with Crippen molar-refractivity contribution in [2.75, 3.05) is 5.32 Å². The van der Waals surface area contributed by atoms with Gasteiger partial charge in [0.1, 0.15) is 17.1 Å². The van der Waals surface area contributed by atoms with Gasteiger partial charge in [0.05, 0.1) is 17.0 Å². The second kappa shape index (κ2) is 9.01. The molecule has 0 saturated heterocycles. The number of carbonyl (C=O) groups is 1. The average molecular weight is 482 g/mol. The largest absolute Gasteiger partial charge is 0.378 e. The molecule has 4 rings (SSSR count). The monoisotopic (exact) mass is 481 g/mol. The summed E-state index contributed by atoms with van der Waals surface area (Å²) in [6.07, 6.45) is -1.51. The van der Waals surface area contributed by atoms with Gasteiger partial charge in [-0.3, -0.25) is 4.79 Å². The van der Waals surface area contributed by atoms with E-state index in [0.717, 1.165) is 0 Å². The van der Waals surface area contributed by atoms with Crippen molar-refractivity contribution in [1.82, 2.24) is 9.55 Å². The molecule has 1 aromatic carbocycles. The summed E-state index contributed by atoms with van der Waals surface area (Å²) in [5.41, 5.74) is -0.0186. The SMILES string of the molecule is Cn1cnc(C2CC3CC(O)(C#CC(O)C(F)F)CC3C2)c1C(=O)Nc1ccc(F)c(Cl)c1. The van der Waals surface area contributed by atoms with Crippen LogP contribution in [0.2, 0.25) is 5.02 Å². The van der Waals surface area contributed by atoms with Crippen molar-refractivity contribution in [3.05, 3.63) is 46.8 Å². The van der Waals surface area contributed by atoms with E-state index < -0.39 is 29.9 Å². The third-order valence-electron chi connectivity index (χ3n) is 6.48. The standard InChI is InChI=1S/C23H23ClF3N3O3/c1-30-11-28-19(20(30)22(32)29-15-2-3-17(25)16(24)8-15)12-6-13-9-23(33,10-14(13)7-12)5-4-18(31)21(26)27/h2-3,8,11-14,18,21,31,33H,6-7,9-10H2,1H3,(H,29,32). The number of aliphatic hydroxyl groups is 2. The van der Waals surface area contributed by atoms with Crippen LogP contribution in [0.25, 0.3) is 0 Å². The quantitative estimate of drug-likeness (QED) is 0.581. The fourth-order valence-corrected chi connectivity index (χ4v) is 5.23. The number of halogens is 4. The number of aryl methyl sites for hydroxylation is 1. The number of hydrogen-bond acceptors (Lipinski definition) is 4. The van der Waals surface area contributed by atoms with Crippen molar-refractivity contribution in [2.45, 2.75) is 49.7 Å². The van der Waals surface area contributed by atoms with Crippen molar-refractivity contribution < 1.29 is 28.2 Å². The highest BCUT2D eigenvalue weighted by Crippen LogP contribution is 2.53. The summed E-state index contributed by atoms with van der Waals surface area (Å²) >= 11 is 5.80. The molecule has 0 bridgehead atoms. The molecule has 0 aliphatic heterocycles. The average Bonchev–Trinajstić information content (AvgIpc) is 3.39. The smallest absolute Gasteiger partial charge is 0.275 e. The number of aliphatic hydroxyl groups excluding tert-OH is 1. The van der Waals surface area contributed by atoms with Crippen LogP contribution < -0.4 is 5.32 Å². The highest BCUT2D eigenvalue weighted by atomic mass is 35.5. The zero-order valence-corrected chi connectivity index (χ0v) is 18.5. The topological polar surface area (TPSA) is 87.4 Å². The van der Waals surface area contributed by atoms with E-state index in [1.165, 1.54) is 18.2 Å². The van der Waals surface area contributed by atoms with Crippen LogP contribution in [0, 0.1) is 29.5 Å². The van der Waals surface area contributed by atoms with E-state index in [1.54, 1.807) is 17.9 Å². The third-order valence-corrected chi connectivity index (χ3v) is 6.77. The number of nitrogens with one attached hydrogen (secondary N) is 1. The number of alkyl halides is 2. The minimum Gasteiger partial charge on any atom is -0.378 e. The Morgan fingerprint density at radius 1 is 1.33 bits per heavy atom. The van der Waals surface area contributed by atoms with Crippen molar-refractivity contribution >= 4 is 23.2 Å². The predicted octanol–water partition coefficient (Wildman–Crippen LogP) is 3.73. The number of aromatic nitrogens is 2. The molecule has 2 fully saturated rings. The van der Waals surface area contributed by atoms with Crippen molar-refractivity contribution in [3.63, 3.8) is 0 Å². The van der Waals surface area contributed by atoms with Crippen LogP contribution >= 0.6 is 11.6 Å². The summed E-state index contributed by atoms with van der Waals surface area (Å²) in [4.78, 5) is 17.4. The number of rotatable bonds is 4. The molecule has 2 aromatic rings. The number of nitrogens with zero attached hydrogens (tertiary/aromatic N) is 2. The van der Waals surface area contributed by atoms with Crippen molar-refractivity contribution in [1.29, 1.82) is 0 Å². The number of carbonyl (C=O) groups excluding carboxylic acids is 1. The van der Waals surface area contributed by atoms with E-state index in [2.05, 4.69) is 22.1 Å². The third kappa shape index (κ3) is 4.88. The molecule has 1 amide bonds. The summed E-state index contributed by atoms with van der Waals surface area (Å²) in [5.74, 6) is 3.72. The normalized spacial score (nSPS) is 27.2. The molecule has 2 aliphatic rings. The van der Waals surface area contributed by atoms with E-state index in [0.29, 0.717) is 42.8 Å². The second-order valence-electron chi connectivity index (χ2n) is 8.85. The van der Waals surface area contributed by atoms with Gasteiger partial charge in [0.2, 0.25) is 0 Å². The molecular weight excluding hydrogens is 459 g/mol. The van der Waals surface area contributed by atoms with E-state index in [9.17, 15) is 28.2 Å². The van der Waals surface area contributed by atoms with Crippen molar-refractivity contribution in [2.24, 2.45) is 18.9 Å². The Hall–Kier alpha value is -2.54. The van der Waals surface area contributed by atoms with E-state index >= 15 is 0 Å². The molecule has 10 heteroatoms. The molecular formula is C23H23ClF3N3O3. The van der Waals surface area contributed by atoms with Gasteiger partial charge in [0, 0.05) is 18.7 Å². The summed E-state index contributed by atoms with van der Waals surface area (Å²) < 4.78 is 40.0. The number of benzene rings is 1. The van der Waals surface area contributed by atoms with Crippen LogP contribution in [0.15, 0.2) is 24.5 Å². The Morgan fingerprint density at radius 3 is 2.61 bits per heavy atom. The van der Waals surface area contributed by atoms with E-state index in [1.807, 2.05) is 0 Å². The maximum absolute atomic E-state index is 13.4. The number of anilines is 1. The highest BCUT2D eigenvalue weighted by molar-refractivity contribution is 6.31. The lowest BCUT2D eigenvalue weighted by Gasteiger charge is -2.19. The Bertz CT molecular complexity index is 1110. The molecule has 2 aliphatic carbocycles. The Morgan fingerprint density at radius 2 is 2.00 bits per heavy atom. The van der Waals surface area contributed by atoms with Gasteiger partial charge in [-0.15, -0.1) is 0 Å². The second-order valence-corrected chi connectivity index (χ2v) is 9.26. The van der Waals surface area contributed by atoms with Gasteiger partial charge < -0.3 is 20.1 Å². The van der Waals surface area contributed by atoms with Crippen LogP contribution in [0.5, 0.6) is 0 Å². The minimum atomic E-state index is -2.98. The molecule has 1 heterocycles. The maximum atomic E-state index is 13.4. The Labute approximate surface area is 193 Å². The van der Waals surface area contributed by atoms with Gasteiger partial charge in [-0.2, -0.15) is 0 Å². The van der Waals surface area contributed by atoms with Gasteiger partial charge in [0.15, 0.2) is 6.10 Å². The lowest BCUT2D eigenvalue weighted by molar-refractivity contribution is 0.0287. The first-order valence-electron chi connectivity index (χ1n) is 10.5. The predicted molar refractivity (Wildman–Crippen MR) is 115 cm³/mol. The van der Waals surface area contributed by atoms with E-state index in [-0.39, 0.29) is 22.8 Å². The molecule has 2 saturated carbocycles. The van der Waals surface area contributed by atoms with E-state index in [4.69, 9.17) is 11.6 Å². The van der Waals surface area contributed by atoms with Crippen LogP contribution in [0.1, 0.15) is 47.8 Å². The molecule has 0 radical (unpaired) electrons. The number of imidazole rings is 1. The summed E-state index contributed by atoms with van der Waals surface area (Å²) in [5, 5.41) is 22.5. The van der Waals surface area contributed by atoms with Crippen LogP contribution in [0.4, 0.5) is 18.9 Å². The maximum Gasteiger partial charge on any atom is 0.275 e. The minimum absolute atomic E-state index is 0.0112. The Kier molecular flexibility index (Phi) is 6.45. The van der Waals surface area contributed by atoms with Gasteiger partial charge in [-0.25, -0.2) is 18.2 Å². The molecule has 3 unspecified atom stereocenters. The molecule has 33 heavy (non-hydrogen) atoms. The van der Waals surface area contributed by atoms with Crippen LogP contribution in [0.3, 0.4) is 0 Å². The summed E-state index contributed by atoms with van der Waals surface area (Å²) in [6.45, 7) is 0. The molecule has 3 N–H and O–H groups in total. The first-order valence-corrected chi connectivity index (χ1v) is 10.9. The lowest BCUT2D eigenvalue weighted by Crippen LogP contribution is -2.25. The molecule has 1 aromatic heterocycles. The molecule has 3 atom stereocenters. The van der Waals surface area contributed by atoms with Gasteiger partial charge >= 0.3 is 0 Å². The van der Waals surface area contributed by atoms with Crippen LogP contribution in [-0.2, 0) is 7.05 Å². The van der Waals surface area contributed by atoms with Gasteiger partial charge in [0.25, 0.3) is 12.3 Å². The first kappa shape index (κ1) is 23.6. The molecule has 6 nitrogen and oxygen atoms in total. The zero-order valence-electron chi connectivity index (χ0n) is 17.7. The number of fused-ring (bicyclic) bond motifs is 1.